The summed E-state index contributed by atoms with van der Waals surface area (Å²) >= 11 is 0. The van der Waals surface area contributed by atoms with E-state index in [4.69, 9.17) is 0 Å². The van der Waals surface area contributed by atoms with E-state index in [2.05, 4.69) is 22.2 Å². The van der Waals surface area contributed by atoms with Crippen LogP contribution in [0.3, 0.4) is 0 Å². The largest absolute Gasteiger partial charge is 0.361 e. The number of anilines is 1. The van der Waals surface area contributed by atoms with Crippen molar-refractivity contribution in [3.8, 4) is 11.1 Å². The van der Waals surface area contributed by atoms with Crippen molar-refractivity contribution < 1.29 is 14.0 Å². The molecular formula is C26H25FN4O2. The summed E-state index contributed by atoms with van der Waals surface area (Å²) in [5.41, 5.74) is 5.82. The zero-order chi connectivity index (χ0) is 23.1. The first-order chi connectivity index (χ1) is 15.9. The Morgan fingerprint density at radius 2 is 1.79 bits per heavy atom. The Kier molecular flexibility index (Phi) is 5.34. The van der Waals surface area contributed by atoms with Crippen molar-refractivity contribution >= 4 is 29.2 Å². The molecule has 0 aliphatic carbocycles. The van der Waals surface area contributed by atoms with E-state index in [0.29, 0.717) is 29.9 Å². The molecule has 0 saturated carbocycles. The van der Waals surface area contributed by atoms with Gasteiger partial charge in [-0.15, -0.1) is 0 Å². The Hall–Kier alpha value is -3.71. The van der Waals surface area contributed by atoms with Gasteiger partial charge >= 0.3 is 0 Å². The number of nitrogens with zero attached hydrogens (tertiary/aromatic N) is 2. The second-order valence-corrected chi connectivity index (χ2v) is 8.58. The molecule has 0 spiro atoms. The number of aromatic amines is 1. The number of benzene rings is 2. The van der Waals surface area contributed by atoms with Gasteiger partial charge in [0.2, 0.25) is 0 Å². The van der Waals surface area contributed by atoms with Gasteiger partial charge in [0.15, 0.2) is 0 Å². The summed E-state index contributed by atoms with van der Waals surface area (Å²) in [6, 6.07) is 11.9. The van der Waals surface area contributed by atoms with Gasteiger partial charge in [-0.25, -0.2) is 4.39 Å². The number of fused-ring (bicyclic) bond motifs is 1. The van der Waals surface area contributed by atoms with Crippen molar-refractivity contribution in [1.29, 1.82) is 0 Å². The molecule has 168 valence electrons. The van der Waals surface area contributed by atoms with Crippen LogP contribution in [0.15, 0.2) is 48.7 Å². The van der Waals surface area contributed by atoms with Crippen LogP contribution in [0.4, 0.5) is 10.1 Å². The first kappa shape index (κ1) is 21.2. The Bertz CT molecular complexity index is 1270. The number of H-pyrrole nitrogens is 1. The van der Waals surface area contributed by atoms with Gasteiger partial charge in [-0.05, 0) is 54.9 Å². The van der Waals surface area contributed by atoms with Crippen molar-refractivity contribution in [2.45, 2.75) is 6.92 Å². The Balaban J connectivity index is 1.51. The SMILES string of the molecule is Cc1c(C(=O)N2CCN(C)CC2)c[nH]c1/C=C1\C(=O)Nc2cccc(-c3ccc(F)cc3)c21. The van der Waals surface area contributed by atoms with Crippen molar-refractivity contribution in [2.24, 2.45) is 0 Å². The van der Waals surface area contributed by atoms with Gasteiger partial charge in [-0.3, -0.25) is 9.59 Å². The molecule has 0 unspecified atom stereocenters. The molecule has 2 N–H and O–H groups in total. The minimum Gasteiger partial charge on any atom is -0.361 e. The normalized spacial score (nSPS) is 17.4. The zero-order valence-electron chi connectivity index (χ0n) is 18.6. The van der Waals surface area contributed by atoms with E-state index in [1.165, 1.54) is 12.1 Å². The predicted molar refractivity (Wildman–Crippen MR) is 127 cm³/mol. The van der Waals surface area contributed by atoms with Crippen molar-refractivity contribution in [3.63, 3.8) is 0 Å². The number of carbonyl (C=O) groups excluding carboxylic acids is 2. The van der Waals surface area contributed by atoms with Gasteiger partial charge in [-0.2, -0.15) is 0 Å². The van der Waals surface area contributed by atoms with E-state index >= 15 is 0 Å². The lowest BCUT2D eigenvalue weighted by Gasteiger charge is -2.32. The third-order valence-electron chi connectivity index (χ3n) is 6.47. The lowest BCUT2D eigenvalue weighted by Crippen LogP contribution is -2.47. The molecule has 3 heterocycles. The molecule has 0 atom stereocenters. The molecule has 2 aliphatic heterocycles. The smallest absolute Gasteiger partial charge is 0.256 e. The fourth-order valence-corrected chi connectivity index (χ4v) is 4.47. The Labute approximate surface area is 191 Å². The highest BCUT2D eigenvalue weighted by atomic mass is 19.1. The summed E-state index contributed by atoms with van der Waals surface area (Å²) in [5.74, 6) is -0.513. The van der Waals surface area contributed by atoms with Crippen molar-refractivity contribution in [1.82, 2.24) is 14.8 Å². The number of carbonyl (C=O) groups is 2. The van der Waals surface area contributed by atoms with Crippen LogP contribution in [0.2, 0.25) is 0 Å². The standard InChI is InChI=1S/C26H25FN4O2/c1-16-21(26(33)31-12-10-30(2)11-13-31)15-28-23(16)14-20-24-19(17-6-8-18(27)9-7-17)4-3-5-22(24)29-25(20)32/h3-9,14-15,28H,10-13H2,1-2H3,(H,29,32)/b20-14-. The number of piperazine rings is 1. The van der Waals surface area contributed by atoms with Gasteiger partial charge in [0, 0.05) is 49.3 Å². The molecule has 1 aromatic heterocycles. The van der Waals surface area contributed by atoms with Crippen LogP contribution < -0.4 is 5.32 Å². The molecule has 0 radical (unpaired) electrons. The van der Waals surface area contributed by atoms with Gasteiger partial charge in [0.1, 0.15) is 5.82 Å². The predicted octanol–water partition coefficient (Wildman–Crippen LogP) is 4.01. The van der Waals surface area contributed by atoms with Gasteiger partial charge < -0.3 is 20.1 Å². The summed E-state index contributed by atoms with van der Waals surface area (Å²) in [5, 5.41) is 2.92. The topological polar surface area (TPSA) is 68.4 Å². The van der Waals surface area contributed by atoms with Crippen molar-refractivity contribution in [2.75, 3.05) is 38.5 Å². The molecule has 6 nitrogen and oxygen atoms in total. The fourth-order valence-electron chi connectivity index (χ4n) is 4.47. The van der Waals surface area contributed by atoms with Crippen LogP contribution in [0.5, 0.6) is 0 Å². The first-order valence-electron chi connectivity index (χ1n) is 11.0. The maximum atomic E-state index is 13.5. The summed E-state index contributed by atoms with van der Waals surface area (Å²) in [7, 11) is 2.05. The van der Waals surface area contributed by atoms with E-state index < -0.39 is 0 Å². The quantitative estimate of drug-likeness (QED) is 0.600. The van der Waals surface area contributed by atoms with E-state index in [1.54, 1.807) is 24.4 Å². The minimum atomic E-state index is -0.309. The van der Waals surface area contributed by atoms with Crippen LogP contribution in [0.1, 0.15) is 27.2 Å². The number of likely N-dealkylation sites (N-methyl/N-ethyl adjacent to an activating group) is 1. The van der Waals surface area contributed by atoms with E-state index in [0.717, 1.165) is 41.0 Å². The second kappa shape index (κ2) is 8.33. The number of aromatic nitrogens is 1. The number of halogens is 1. The maximum absolute atomic E-state index is 13.5. The molecule has 33 heavy (non-hydrogen) atoms. The number of hydrogen-bond donors (Lipinski definition) is 2. The molecule has 0 bridgehead atoms. The second-order valence-electron chi connectivity index (χ2n) is 8.58. The number of hydrogen-bond acceptors (Lipinski definition) is 3. The molecule has 7 heteroatoms. The van der Waals surface area contributed by atoms with E-state index in [-0.39, 0.29) is 17.6 Å². The molecule has 5 rings (SSSR count). The highest BCUT2D eigenvalue weighted by Gasteiger charge is 2.28. The van der Waals surface area contributed by atoms with Crippen LogP contribution in [0.25, 0.3) is 22.8 Å². The van der Waals surface area contributed by atoms with Gasteiger partial charge in [0.05, 0.1) is 11.1 Å². The summed E-state index contributed by atoms with van der Waals surface area (Å²) in [4.78, 5) is 33.2. The van der Waals surface area contributed by atoms with E-state index in [1.807, 2.05) is 30.0 Å². The van der Waals surface area contributed by atoms with Crippen LogP contribution in [-0.4, -0.2) is 59.8 Å². The molecule has 2 amide bonds. The highest BCUT2D eigenvalue weighted by Crippen LogP contribution is 2.40. The molecule has 2 aliphatic rings. The van der Waals surface area contributed by atoms with E-state index in [9.17, 15) is 14.0 Å². The maximum Gasteiger partial charge on any atom is 0.256 e. The van der Waals surface area contributed by atoms with Crippen molar-refractivity contribution in [3.05, 3.63) is 76.9 Å². The molecule has 3 aromatic rings. The van der Waals surface area contributed by atoms with Crippen LogP contribution in [0, 0.1) is 12.7 Å². The Morgan fingerprint density at radius 3 is 2.52 bits per heavy atom. The number of rotatable bonds is 3. The first-order valence-corrected chi connectivity index (χ1v) is 11.0. The van der Waals surface area contributed by atoms with Gasteiger partial charge in [-0.1, -0.05) is 24.3 Å². The summed E-state index contributed by atoms with van der Waals surface area (Å²) in [6.45, 7) is 5.01. The molecule has 1 saturated heterocycles. The monoisotopic (exact) mass is 444 g/mol. The lowest BCUT2D eigenvalue weighted by molar-refractivity contribution is -0.110. The molecule has 1 fully saturated rings. The third-order valence-corrected chi connectivity index (χ3v) is 6.47. The lowest BCUT2D eigenvalue weighted by atomic mass is 9.94. The summed E-state index contributed by atoms with van der Waals surface area (Å²) in [6.07, 6.45) is 3.52. The molecular weight excluding hydrogens is 419 g/mol. The molecule has 2 aromatic carbocycles. The number of amides is 2. The average Bonchev–Trinajstić information content (AvgIpc) is 3.34. The van der Waals surface area contributed by atoms with Crippen LogP contribution in [-0.2, 0) is 4.79 Å². The van der Waals surface area contributed by atoms with Crippen LogP contribution >= 0.6 is 0 Å². The minimum absolute atomic E-state index is 0.00442. The summed E-state index contributed by atoms with van der Waals surface area (Å²) < 4.78 is 13.5. The Morgan fingerprint density at radius 1 is 1.06 bits per heavy atom. The van der Waals surface area contributed by atoms with Gasteiger partial charge in [0.25, 0.3) is 11.8 Å². The average molecular weight is 445 g/mol. The third kappa shape index (κ3) is 3.85. The zero-order valence-corrected chi connectivity index (χ0v) is 18.6. The fraction of sp³-hybridized carbons (Fsp3) is 0.231. The number of nitrogens with one attached hydrogen (secondary N) is 2. The highest BCUT2D eigenvalue weighted by molar-refractivity contribution is 6.36.